The maximum Gasteiger partial charge on any atom is 0.254 e. The second-order valence-corrected chi connectivity index (χ2v) is 8.59. The van der Waals surface area contributed by atoms with Crippen molar-refractivity contribution >= 4 is 17.5 Å². The van der Waals surface area contributed by atoms with Gasteiger partial charge in [0.25, 0.3) is 5.91 Å². The minimum absolute atomic E-state index is 0.0168. The van der Waals surface area contributed by atoms with Crippen LogP contribution in [0.5, 0.6) is 5.75 Å². The van der Waals surface area contributed by atoms with E-state index in [4.69, 9.17) is 4.74 Å². The number of ether oxygens (including phenoxy) is 1. The largest absolute Gasteiger partial charge is 0.497 e. The summed E-state index contributed by atoms with van der Waals surface area (Å²) < 4.78 is 5.23. The molecule has 1 aliphatic heterocycles. The summed E-state index contributed by atoms with van der Waals surface area (Å²) in [7, 11) is 1.61. The molecule has 162 valence electrons. The van der Waals surface area contributed by atoms with E-state index in [1.165, 1.54) is 0 Å². The topological polar surface area (TPSA) is 58.6 Å². The number of nitrogens with one attached hydrogen (secondary N) is 1. The van der Waals surface area contributed by atoms with E-state index < -0.39 is 5.92 Å². The van der Waals surface area contributed by atoms with Crippen molar-refractivity contribution in [3.8, 4) is 5.75 Å². The summed E-state index contributed by atoms with van der Waals surface area (Å²) in [6.45, 7) is 2.04. The second-order valence-electron chi connectivity index (χ2n) is 8.59. The van der Waals surface area contributed by atoms with Crippen LogP contribution < -0.4 is 10.1 Å². The molecule has 5 heteroatoms. The van der Waals surface area contributed by atoms with Crippen molar-refractivity contribution in [2.75, 3.05) is 12.4 Å². The van der Waals surface area contributed by atoms with Gasteiger partial charge in [0.05, 0.1) is 19.1 Å². The van der Waals surface area contributed by atoms with Gasteiger partial charge in [-0.1, -0.05) is 48.0 Å². The van der Waals surface area contributed by atoms with Crippen LogP contribution in [0.4, 0.5) is 5.69 Å². The number of hydrogen-bond acceptors (Lipinski definition) is 3. The number of benzene rings is 3. The fraction of sp³-hybridized carbons (Fsp3) is 0.259. The van der Waals surface area contributed by atoms with E-state index in [0.29, 0.717) is 11.3 Å². The molecule has 2 unspecified atom stereocenters. The monoisotopic (exact) mass is 426 g/mol. The van der Waals surface area contributed by atoms with Crippen molar-refractivity contribution in [2.24, 2.45) is 0 Å². The van der Waals surface area contributed by atoms with Gasteiger partial charge in [0.1, 0.15) is 5.75 Å². The first-order valence-electron chi connectivity index (χ1n) is 11.0. The first kappa shape index (κ1) is 20.3. The highest BCUT2D eigenvalue weighted by Crippen LogP contribution is 2.48. The maximum atomic E-state index is 13.8. The highest BCUT2D eigenvalue weighted by molar-refractivity contribution is 6.04. The number of anilines is 1. The fourth-order valence-electron chi connectivity index (χ4n) is 4.69. The highest BCUT2D eigenvalue weighted by Gasteiger charge is 2.49. The minimum atomic E-state index is -0.506. The third-order valence-electron chi connectivity index (χ3n) is 6.34. The van der Waals surface area contributed by atoms with E-state index in [-0.39, 0.29) is 23.9 Å². The quantitative estimate of drug-likeness (QED) is 0.619. The number of hydrogen-bond donors (Lipinski definition) is 1. The summed E-state index contributed by atoms with van der Waals surface area (Å²) in [6.07, 6.45) is 1.95. The van der Waals surface area contributed by atoms with Crippen molar-refractivity contribution in [1.29, 1.82) is 0 Å². The van der Waals surface area contributed by atoms with E-state index >= 15 is 0 Å². The van der Waals surface area contributed by atoms with Crippen molar-refractivity contribution in [3.63, 3.8) is 0 Å². The molecule has 5 nitrogen and oxygen atoms in total. The Bertz CT molecular complexity index is 1170. The lowest BCUT2D eigenvalue weighted by molar-refractivity contribution is -0.119. The van der Waals surface area contributed by atoms with Crippen molar-refractivity contribution in [3.05, 3.63) is 95.1 Å². The minimum Gasteiger partial charge on any atom is -0.497 e. The third-order valence-corrected chi connectivity index (χ3v) is 6.34. The average Bonchev–Trinajstić information content (AvgIpc) is 3.64. The molecule has 3 aromatic rings. The van der Waals surface area contributed by atoms with Crippen LogP contribution in [0.2, 0.25) is 0 Å². The van der Waals surface area contributed by atoms with Gasteiger partial charge in [-0.3, -0.25) is 9.59 Å². The molecule has 1 N–H and O–H groups in total. The number of carbonyl (C=O) groups excluding carboxylic acids is 2. The van der Waals surface area contributed by atoms with Crippen LogP contribution in [0.15, 0.2) is 72.8 Å². The Balaban J connectivity index is 1.60. The molecule has 5 rings (SSSR count). The van der Waals surface area contributed by atoms with E-state index in [9.17, 15) is 9.59 Å². The van der Waals surface area contributed by atoms with Crippen LogP contribution in [0.25, 0.3) is 0 Å². The van der Waals surface area contributed by atoms with E-state index in [0.717, 1.165) is 35.3 Å². The zero-order valence-corrected chi connectivity index (χ0v) is 18.2. The smallest absolute Gasteiger partial charge is 0.254 e. The highest BCUT2D eigenvalue weighted by atomic mass is 16.5. The maximum absolute atomic E-state index is 13.8. The standard InChI is InChI=1S/C27H26N2O3/c1-17-6-5-7-18(16-17)25-24(26(30)28-19-10-14-21(32-2)15-11-19)22-8-3-4-9-23(22)27(31)29(25)20-12-13-20/h3-11,14-16,20,24-25H,12-13H2,1-2H3,(H,28,30). The Hall–Kier alpha value is -3.60. The Labute approximate surface area is 188 Å². The zero-order valence-electron chi connectivity index (χ0n) is 18.2. The summed E-state index contributed by atoms with van der Waals surface area (Å²) >= 11 is 0. The van der Waals surface area contributed by atoms with Gasteiger partial charge in [-0.05, 0) is 61.2 Å². The molecule has 1 fully saturated rings. The molecule has 3 aromatic carbocycles. The van der Waals surface area contributed by atoms with E-state index in [1.54, 1.807) is 7.11 Å². The lowest BCUT2D eigenvalue weighted by Gasteiger charge is -2.42. The summed E-state index contributed by atoms with van der Waals surface area (Å²) in [5, 5.41) is 3.08. The lowest BCUT2D eigenvalue weighted by atomic mass is 9.78. The number of amides is 2. The van der Waals surface area contributed by atoms with Gasteiger partial charge in [0.15, 0.2) is 0 Å². The number of methoxy groups -OCH3 is 1. The molecule has 1 saturated carbocycles. The lowest BCUT2D eigenvalue weighted by Crippen LogP contribution is -2.47. The molecule has 0 radical (unpaired) electrons. The number of rotatable bonds is 5. The molecular formula is C27H26N2O3. The van der Waals surface area contributed by atoms with Crippen molar-refractivity contribution in [1.82, 2.24) is 4.90 Å². The second kappa shape index (κ2) is 8.15. The first-order chi connectivity index (χ1) is 15.6. The van der Waals surface area contributed by atoms with Crippen LogP contribution in [-0.2, 0) is 4.79 Å². The summed E-state index contributed by atoms with van der Waals surface area (Å²) in [5.74, 6) is 0.123. The Morgan fingerprint density at radius 3 is 2.44 bits per heavy atom. The van der Waals surface area contributed by atoms with Gasteiger partial charge in [-0.25, -0.2) is 0 Å². The molecule has 2 amide bonds. The molecule has 0 bridgehead atoms. The first-order valence-corrected chi connectivity index (χ1v) is 11.0. The number of nitrogens with zero attached hydrogens (tertiary/aromatic N) is 1. The summed E-state index contributed by atoms with van der Waals surface area (Å²) in [4.78, 5) is 29.3. The van der Waals surface area contributed by atoms with Gasteiger partial charge in [-0.15, -0.1) is 0 Å². The molecule has 0 aromatic heterocycles. The number of aryl methyl sites for hydroxylation is 1. The van der Waals surface area contributed by atoms with Gasteiger partial charge in [0.2, 0.25) is 5.91 Å². The Morgan fingerprint density at radius 1 is 1.00 bits per heavy atom. The van der Waals surface area contributed by atoms with Crippen LogP contribution in [0.3, 0.4) is 0 Å². The normalized spacial score (nSPS) is 19.9. The summed E-state index contributed by atoms with van der Waals surface area (Å²) in [6, 6.07) is 22.8. The van der Waals surface area contributed by atoms with Crippen LogP contribution in [-0.4, -0.2) is 29.9 Å². The van der Waals surface area contributed by atoms with E-state index in [2.05, 4.69) is 11.4 Å². The van der Waals surface area contributed by atoms with Crippen LogP contribution >= 0.6 is 0 Å². The predicted molar refractivity (Wildman–Crippen MR) is 124 cm³/mol. The predicted octanol–water partition coefficient (Wildman–Crippen LogP) is 5.09. The molecule has 2 atom stereocenters. The van der Waals surface area contributed by atoms with Crippen LogP contribution in [0, 0.1) is 6.92 Å². The van der Waals surface area contributed by atoms with Gasteiger partial charge in [-0.2, -0.15) is 0 Å². The van der Waals surface area contributed by atoms with Crippen LogP contribution in [0.1, 0.15) is 51.8 Å². The van der Waals surface area contributed by atoms with Gasteiger partial charge >= 0.3 is 0 Å². The third kappa shape index (κ3) is 3.64. The molecule has 1 aliphatic carbocycles. The van der Waals surface area contributed by atoms with Gasteiger partial charge < -0.3 is 15.0 Å². The Kier molecular flexibility index (Phi) is 5.17. The summed E-state index contributed by atoms with van der Waals surface area (Å²) in [5.41, 5.74) is 4.21. The van der Waals surface area contributed by atoms with Gasteiger partial charge in [0, 0.05) is 17.3 Å². The Morgan fingerprint density at radius 2 is 1.75 bits per heavy atom. The number of carbonyl (C=O) groups is 2. The molecule has 2 aliphatic rings. The van der Waals surface area contributed by atoms with E-state index in [1.807, 2.05) is 78.6 Å². The molecular weight excluding hydrogens is 400 g/mol. The molecule has 0 spiro atoms. The van der Waals surface area contributed by atoms with Crippen molar-refractivity contribution < 1.29 is 14.3 Å². The number of fused-ring (bicyclic) bond motifs is 1. The SMILES string of the molecule is COc1ccc(NC(=O)C2c3ccccc3C(=O)N(C3CC3)C2c2cccc(C)c2)cc1. The average molecular weight is 427 g/mol. The van der Waals surface area contributed by atoms with Crippen molar-refractivity contribution in [2.45, 2.75) is 37.8 Å². The fourth-order valence-corrected chi connectivity index (χ4v) is 4.69. The molecule has 0 saturated heterocycles. The molecule has 32 heavy (non-hydrogen) atoms. The molecule has 1 heterocycles. The zero-order chi connectivity index (χ0) is 22.2.